The molecule has 0 heterocycles. The molecule has 0 saturated carbocycles. The lowest BCUT2D eigenvalue weighted by Gasteiger charge is -2.14. The molecule has 3 nitrogen and oxygen atoms in total. The first kappa shape index (κ1) is 12.2. The van der Waals surface area contributed by atoms with E-state index in [1.54, 1.807) is 0 Å². The Hall–Kier alpha value is -0.830. The van der Waals surface area contributed by atoms with Crippen LogP contribution in [0.25, 0.3) is 0 Å². The Labute approximate surface area is 81.1 Å². The summed E-state index contributed by atoms with van der Waals surface area (Å²) in [5.74, 6) is 0. The fraction of sp³-hybridized carbons (Fsp3) is 0.700. The normalized spacial score (nSPS) is 13.1. The van der Waals surface area contributed by atoms with Crippen molar-refractivity contribution in [3.05, 3.63) is 12.3 Å². The van der Waals surface area contributed by atoms with E-state index in [1.165, 1.54) is 6.21 Å². The Balaban J connectivity index is 3.51. The van der Waals surface area contributed by atoms with Crippen molar-refractivity contribution < 1.29 is 0 Å². The van der Waals surface area contributed by atoms with Crippen LogP contribution in [0, 0.1) is 5.41 Å². The van der Waals surface area contributed by atoms with E-state index in [9.17, 15) is 0 Å². The van der Waals surface area contributed by atoms with Gasteiger partial charge in [-0.25, -0.2) is 0 Å². The fourth-order valence-electron chi connectivity index (χ4n) is 1.06. The first-order valence-electron chi connectivity index (χ1n) is 4.89. The van der Waals surface area contributed by atoms with E-state index < -0.39 is 0 Å². The molecule has 0 fully saturated rings. The summed E-state index contributed by atoms with van der Waals surface area (Å²) in [6.07, 6.45) is 8.31. The minimum Gasteiger partial charge on any atom is -0.388 e. The summed E-state index contributed by atoms with van der Waals surface area (Å²) in [6, 6.07) is 0.550. The second-order valence-electron chi connectivity index (χ2n) is 3.01. The summed E-state index contributed by atoms with van der Waals surface area (Å²) in [4.78, 5) is 0. The van der Waals surface area contributed by atoms with Crippen LogP contribution < -0.4 is 10.6 Å². The predicted octanol–water partition coefficient (Wildman–Crippen LogP) is 1.52. The fourth-order valence-corrected chi connectivity index (χ4v) is 1.06. The molecule has 0 radical (unpaired) electrons. The Morgan fingerprint density at radius 2 is 2.23 bits per heavy atom. The van der Waals surface area contributed by atoms with E-state index >= 15 is 0 Å². The maximum atomic E-state index is 6.83. The predicted molar refractivity (Wildman–Crippen MR) is 58.3 cm³/mol. The Morgan fingerprint density at radius 1 is 1.46 bits per heavy atom. The second-order valence-corrected chi connectivity index (χ2v) is 3.01. The molecule has 0 amide bonds. The van der Waals surface area contributed by atoms with E-state index in [2.05, 4.69) is 17.6 Å². The average molecular weight is 183 g/mol. The van der Waals surface area contributed by atoms with E-state index in [0.717, 1.165) is 25.8 Å². The molecular formula is C10H21N3. The summed E-state index contributed by atoms with van der Waals surface area (Å²) < 4.78 is 0. The lowest BCUT2D eigenvalue weighted by atomic mass is 10.1. The highest BCUT2D eigenvalue weighted by Crippen LogP contribution is 1.95. The van der Waals surface area contributed by atoms with Gasteiger partial charge in [-0.1, -0.05) is 13.0 Å². The number of nitrogens with one attached hydrogen (secondary N) is 3. The lowest BCUT2D eigenvalue weighted by Crippen LogP contribution is -2.27. The van der Waals surface area contributed by atoms with Crippen molar-refractivity contribution >= 4 is 6.21 Å². The maximum absolute atomic E-state index is 6.83. The van der Waals surface area contributed by atoms with E-state index in [0.29, 0.717) is 6.04 Å². The van der Waals surface area contributed by atoms with Gasteiger partial charge in [0.15, 0.2) is 0 Å². The molecule has 0 saturated heterocycles. The summed E-state index contributed by atoms with van der Waals surface area (Å²) in [7, 11) is 1.97. The summed E-state index contributed by atoms with van der Waals surface area (Å²) in [5, 5.41) is 13.3. The van der Waals surface area contributed by atoms with Crippen molar-refractivity contribution in [2.24, 2.45) is 0 Å². The third-order valence-corrected chi connectivity index (χ3v) is 1.94. The largest absolute Gasteiger partial charge is 0.388 e. The van der Waals surface area contributed by atoms with E-state index in [-0.39, 0.29) is 0 Å². The molecule has 1 atom stereocenters. The standard InChI is InChI=1S/C10H21N3/c1-3-10(6-9-12-2)13-8-5-4-7-11/h5,7-8,10-13H,3-4,6,9H2,1-2H3/t10-/m1/s1. The minimum absolute atomic E-state index is 0.550. The van der Waals surface area contributed by atoms with Crippen LogP contribution in [0.2, 0.25) is 0 Å². The molecule has 0 aliphatic heterocycles. The van der Waals surface area contributed by atoms with Gasteiger partial charge in [0.2, 0.25) is 0 Å². The van der Waals surface area contributed by atoms with Crippen molar-refractivity contribution in [1.29, 1.82) is 5.41 Å². The molecule has 76 valence electrons. The van der Waals surface area contributed by atoms with Crippen LogP contribution >= 0.6 is 0 Å². The van der Waals surface area contributed by atoms with Gasteiger partial charge < -0.3 is 16.0 Å². The van der Waals surface area contributed by atoms with Gasteiger partial charge in [-0.05, 0) is 38.8 Å². The summed E-state index contributed by atoms with van der Waals surface area (Å²) in [5.41, 5.74) is 0. The zero-order valence-corrected chi connectivity index (χ0v) is 8.64. The molecule has 0 aliphatic rings. The van der Waals surface area contributed by atoms with Crippen LogP contribution in [-0.2, 0) is 0 Å². The Kier molecular flexibility index (Phi) is 8.67. The molecule has 0 bridgehead atoms. The number of hydrogen-bond acceptors (Lipinski definition) is 3. The van der Waals surface area contributed by atoms with Crippen LogP contribution in [0.15, 0.2) is 12.3 Å². The minimum atomic E-state index is 0.550. The van der Waals surface area contributed by atoms with Gasteiger partial charge in [-0.2, -0.15) is 0 Å². The molecule has 0 spiro atoms. The highest BCUT2D eigenvalue weighted by Gasteiger charge is 2.00. The lowest BCUT2D eigenvalue weighted by molar-refractivity contribution is 0.514. The second kappa shape index (κ2) is 9.26. The van der Waals surface area contributed by atoms with Crippen LogP contribution in [-0.4, -0.2) is 25.8 Å². The monoisotopic (exact) mass is 183 g/mol. The highest BCUT2D eigenvalue weighted by molar-refractivity contribution is 5.55. The molecule has 0 aliphatic carbocycles. The third kappa shape index (κ3) is 7.53. The first-order valence-corrected chi connectivity index (χ1v) is 4.89. The zero-order chi connectivity index (χ0) is 9.94. The van der Waals surface area contributed by atoms with Crippen molar-refractivity contribution in [2.75, 3.05) is 13.6 Å². The molecule has 0 aromatic heterocycles. The van der Waals surface area contributed by atoms with Crippen molar-refractivity contribution in [2.45, 2.75) is 32.2 Å². The number of rotatable bonds is 8. The van der Waals surface area contributed by atoms with Crippen molar-refractivity contribution in [3.63, 3.8) is 0 Å². The van der Waals surface area contributed by atoms with Crippen molar-refractivity contribution in [1.82, 2.24) is 10.6 Å². The smallest absolute Gasteiger partial charge is 0.0265 e. The van der Waals surface area contributed by atoms with Gasteiger partial charge in [-0.3, -0.25) is 0 Å². The SMILES string of the molecule is CC[C@H](CCNC)NC=CCC=N. The molecule has 0 aromatic carbocycles. The molecular weight excluding hydrogens is 162 g/mol. The summed E-state index contributed by atoms with van der Waals surface area (Å²) >= 11 is 0. The summed E-state index contributed by atoms with van der Waals surface area (Å²) in [6.45, 7) is 3.22. The quantitative estimate of drug-likeness (QED) is 0.500. The van der Waals surface area contributed by atoms with Gasteiger partial charge in [0, 0.05) is 12.5 Å². The topological polar surface area (TPSA) is 47.9 Å². The molecule has 3 heteroatoms. The first-order chi connectivity index (χ1) is 6.35. The van der Waals surface area contributed by atoms with E-state index in [1.807, 2.05) is 19.3 Å². The molecule has 0 rings (SSSR count). The number of allylic oxidation sites excluding steroid dienone is 1. The van der Waals surface area contributed by atoms with Gasteiger partial charge in [0.05, 0.1) is 0 Å². The molecule has 13 heavy (non-hydrogen) atoms. The molecule has 3 N–H and O–H groups in total. The van der Waals surface area contributed by atoms with Gasteiger partial charge in [0.1, 0.15) is 0 Å². The Bertz CT molecular complexity index is 143. The van der Waals surface area contributed by atoms with Crippen LogP contribution in [0.3, 0.4) is 0 Å². The van der Waals surface area contributed by atoms with Crippen LogP contribution in [0.1, 0.15) is 26.2 Å². The molecule has 0 aromatic rings. The van der Waals surface area contributed by atoms with Gasteiger partial charge in [-0.15, -0.1) is 0 Å². The van der Waals surface area contributed by atoms with Crippen LogP contribution in [0.5, 0.6) is 0 Å². The van der Waals surface area contributed by atoms with E-state index in [4.69, 9.17) is 5.41 Å². The number of hydrogen-bond donors (Lipinski definition) is 3. The zero-order valence-electron chi connectivity index (χ0n) is 8.64. The van der Waals surface area contributed by atoms with Crippen LogP contribution in [0.4, 0.5) is 0 Å². The third-order valence-electron chi connectivity index (χ3n) is 1.94. The van der Waals surface area contributed by atoms with Gasteiger partial charge >= 0.3 is 0 Å². The highest BCUT2D eigenvalue weighted by atomic mass is 14.9. The molecule has 0 unspecified atom stereocenters. The Morgan fingerprint density at radius 3 is 2.77 bits per heavy atom. The van der Waals surface area contributed by atoms with Gasteiger partial charge in [0.25, 0.3) is 0 Å². The van der Waals surface area contributed by atoms with Crippen molar-refractivity contribution in [3.8, 4) is 0 Å². The average Bonchev–Trinajstić information content (AvgIpc) is 2.17. The maximum Gasteiger partial charge on any atom is 0.0265 e.